The molecule has 2 rings (SSSR count). The average molecular weight is 310 g/mol. The predicted molar refractivity (Wildman–Crippen MR) is 86.3 cm³/mol. The lowest BCUT2D eigenvalue weighted by Gasteiger charge is -2.18. The van der Waals surface area contributed by atoms with Crippen LogP contribution in [0.2, 0.25) is 5.02 Å². The van der Waals surface area contributed by atoms with Gasteiger partial charge in [-0.25, -0.2) is 4.39 Å². The maximum absolute atomic E-state index is 13.5. The van der Waals surface area contributed by atoms with Crippen LogP contribution in [0.5, 0.6) is 0 Å². The molecule has 106 valence electrons. The van der Waals surface area contributed by atoms with Crippen molar-refractivity contribution in [2.24, 2.45) is 0 Å². The molecule has 1 atom stereocenters. The van der Waals surface area contributed by atoms with Gasteiger partial charge in [-0.1, -0.05) is 36.7 Å². The summed E-state index contributed by atoms with van der Waals surface area (Å²) in [4.78, 5) is 1.20. The van der Waals surface area contributed by atoms with E-state index in [2.05, 4.69) is 18.3 Å². The Balaban J connectivity index is 2.18. The minimum Gasteiger partial charge on any atom is -0.378 e. The zero-order valence-corrected chi connectivity index (χ0v) is 13.1. The van der Waals surface area contributed by atoms with E-state index in [1.807, 2.05) is 31.2 Å². The molecule has 0 aliphatic carbocycles. The van der Waals surface area contributed by atoms with Crippen LogP contribution in [0.4, 0.5) is 10.1 Å². The van der Waals surface area contributed by atoms with Gasteiger partial charge in [0.15, 0.2) is 0 Å². The fourth-order valence-corrected chi connectivity index (χ4v) is 2.85. The summed E-state index contributed by atoms with van der Waals surface area (Å²) in [6.45, 7) is 4.13. The second-order valence-electron chi connectivity index (χ2n) is 4.47. The lowest BCUT2D eigenvalue weighted by atomic mass is 10.1. The highest BCUT2D eigenvalue weighted by molar-refractivity contribution is 7.99. The summed E-state index contributed by atoms with van der Waals surface area (Å²) in [5, 5.41) is 3.58. The molecule has 0 spiro atoms. The highest BCUT2D eigenvalue weighted by Crippen LogP contribution is 2.30. The monoisotopic (exact) mass is 309 g/mol. The van der Waals surface area contributed by atoms with Crippen LogP contribution in [-0.2, 0) is 0 Å². The van der Waals surface area contributed by atoms with E-state index < -0.39 is 0 Å². The molecule has 1 nitrogen and oxygen atoms in total. The standard InChI is InChI=1S/C16H17ClFNS/c1-3-20-16-7-5-4-6-15(16)19-11(2)12-8-9-13(17)14(18)10-12/h4-11,19H,3H2,1-2H3. The van der Waals surface area contributed by atoms with Gasteiger partial charge in [-0.05, 0) is 42.5 Å². The molecule has 20 heavy (non-hydrogen) atoms. The molecule has 0 saturated carbocycles. The van der Waals surface area contributed by atoms with Crippen LogP contribution < -0.4 is 5.32 Å². The predicted octanol–water partition coefficient (Wildman–Crippen LogP) is 5.76. The van der Waals surface area contributed by atoms with Crippen molar-refractivity contribution in [1.82, 2.24) is 0 Å². The Bertz CT molecular complexity index is 588. The summed E-state index contributed by atoms with van der Waals surface area (Å²) in [6.07, 6.45) is 0. The van der Waals surface area contributed by atoms with E-state index in [1.54, 1.807) is 17.8 Å². The van der Waals surface area contributed by atoms with Gasteiger partial charge in [-0.15, -0.1) is 11.8 Å². The molecular weight excluding hydrogens is 293 g/mol. The van der Waals surface area contributed by atoms with Crippen molar-refractivity contribution in [1.29, 1.82) is 0 Å². The highest BCUT2D eigenvalue weighted by Gasteiger charge is 2.10. The van der Waals surface area contributed by atoms with Gasteiger partial charge in [0.1, 0.15) is 5.82 Å². The summed E-state index contributed by atoms with van der Waals surface area (Å²) in [5.74, 6) is 0.636. The highest BCUT2D eigenvalue weighted by atomic mass is 35.5. The molecule has 0 heterocycles. The van der Waals surface area contributed by atoms with E-state index in [1.165, 1.54) is 11.0 Å². The Morgan fingerprint density at radius 1 is 1.25 bits per heavy atom. The molecule has 0 aliphatic heterocycles. The summed E-state index contributed by atoms with van der Waals surface area (Å²) >= 11 is 7.50. The SMILES string of the molecule is CCSc1ccccc1NC(C)c1ccc(Cl)c(F)c1. The van der Waals surface area contributed by atoms with Crippen LogP contribution in [0, 0.1) is 5.82 Å². The summed E-state index contributed by atoms with van der Waals surface area (Å²) < 4.78 is 13.5. The molecule has 0 saturated heterocycles. The van der Waals surface area contributed by atoms with Crippen molar-refractivity contribution >= 4 is 29.1 Å². The van der Waals surface area contributed by atoms with E-state index in [0.717, 1.165) is 17.0 Å². The zero-order valence-electron chi connectivity index (χ0n) is 11.5. The number of rotatable bonds is 5. The van der Waals surface area contributed by atoms with Crippen molar-refractivity contribution < 1.29 is 4.39 Å². The fourth-order valence-electron chi connectivity index (χ4n) is 1.97. The molecule has 0 amide bonds. The van der Waals surface area contributed by atoms with Gasteiger partial charge < -0.3 is 5.32 Å². The van der Waals surface area contributed by atoms with E-state index in [4.69, 9.17) is 11.6 Å². The molecule has 2 aromatic rings. The first-order valence-electron chi connectivity index (χ1n) is 6.55. The number of anilines is 1. The molecule has 0 bridgehead atoms. The molecule has 1 unspecified atom stereocenters. The van der Waals surface area contributed by atoms with Crippen LogP contribution in [0.15, 0.2) is 47.4 Å². The molecule has 4 heteroatoms. The Hall–Kier alpha value is -1.19. The molecular formula is C16H17ClFNS. The number of para-hydroxylation sites is 1. The van der Waals surface area contributed by atoms with Crippen molar-refractivity contribution in [3.05, 3.63) is 58.9 Å². The van der Waals surface area contributed by atoms with Crippen molar-refractivity contribution in [3.63, 3.8) is 0 Å². The van der Waals surface area contributed by atoms with E-state index in [9.17, 15) is 4.39 Å². The third kappa shape index (κ3) is 3.68. The largest absolute Gasteiger partial charge is 0.378 e. The smallest absolute Gasteiger partial charge is 0.142 e. The number of thioether (sulfide) groups is 1. The van der Waals surface area contributed by atoms with Gasteiger partial charge in [-0.2, -0.15) is 0 Å². The Labute approximate surface area is 128 Å². The van der Waals surface area contributed by atoms with Crippen LogP contribution >= 0.6 is 23.4 Å². The van der Waals surface area contributed by atoms with E-state index in [0.29, 0.717) is 0 Å². The Morgan fingerprint density at radius 2 is 2.00 bits per heavy atom. The van der Waals surface area contributed by atoms with Crippen LogP contribution in [0.25, 0.3) is 0 Å². The molecule has 0 aromatic heterocycles. The molecule has 0 radical (unpaired) electrons. The quantitative estimate of drug-likeness (QED) is 0.704. The van der Waals surface area contributed by atoms with E-state index >= 15 is 0 Å². The van der Waals surface area contributed by atoms with Crippen LogP contribution in [-0.4, -0.2) is 5.75 Å². The number of hydrogen-bond donors (Lipinski definition) is 1. The van der Waals surface area contributed by atoms with Gasteiger partial charge in [0, 0.05) is 16.6 Å². The summed E-state index contributed by atoms with van der Waals surface area (Å²) in [6, 6.07) is 13.1. The van der Waals surface area contributed by atoms with Crippen molar-refractivity contribution in [2.45, 2.75) is 24.8 Å². The first-order valence-corrected chi connectivity index (χ1v) is 7.91. The molecule has 1 N–H and O–H groups in total. The maximum atomic E-state index is 13.5. The maximum Gasteiger partial charge on any atom is 0.142 e. The number of benzene rings is 2. The molecule has 2 aromatic carbocycles. The first kappa shape index (κ1) is 15.2. The Kier molecular flexibility index (Phi) is 5.32. The lowest BCUT2D eigenvalue weighted by Crippen LogP contribution is -2.07. The average Bonchev–Trinajstić information content (AvgIpc) is 2.44. The Morgan fingerprint density at radius 3 is 2.70 bits per heavy atom. The topological polar surface area (TPSA) is 12.0 Å². The third-order valence-electron chi connectivity index (χ3n) is 3.00. The number of halogens is 2. The van der Waals surface area contributed by atoms with Crippen LogP contribution in [0.1, 0.15) is 25.5 Å². The van der Waals surface area contributed by atoms with Gasteiger partial charge in [0.2, 0.25) is 0 Å². The first-order chi connectivity index (χ1) is 9.61. The lowest BCUT2D eigenvalue weighted by molar-refractivity contribution is 0.624. The van der Waals surface area contributed by atoms with Crippen molar-refractivity contribution in [3.8, 4) is 0 Å². The van der Waals surface area contributed by atoms with Gasteiger partial charge >= 0.3 is 0 Å². The van der Waals surface area contributed by atoms with E-state index in [-0.39, 0.29) is 16.9 Å². The van der Waals surface area contributed by atoms with Gasteiger partial charge in [-0.3, -0.25) is 0 Å². The van der Waals surface area contributed by atoms with Gasteiger partial charge in [0.25, 0.3) is 0 Å². The molecule has 0 aliphatic rings. The minimum absolute atomic E-state index is 0.0142. The summed E-state index contributed by atoms with van der Waals surface area (Å²) in [7, 11) is 0. The normalized spacial score (nSPS) is 12.2. The minimum atomic E-state index is -0.381. The zero-order chi connectivity index (χ0) is 14.5. The van der Waals surface area contributed by atoms with Crippen molar-refractivity contribution in [2.75, 3.05) is 11.1 Å². The van der Waals surface area contributed by atoms with Gasteiger partial charge in [0.05, 0.1) is 5.02 Å². The number of nitrogens with one attached hydrogen (secondary N) is 1. The molecule has 0 fully saturated rings. The second kappa shape index (κ2) is 7.00. The third-order valence-corrected chi connectivity index (χ3v) is 4.26. The fraction of sp³-hybridized carbons (Fsp3) is 0.250. The van der Waals surface area contributed by atoms with Crippen LogP contribution in [0.3, 0.4) is 0 Å². The second-order valence-corrected chi connectivity index (χ2v) is 6.18. The number of hydrogen-bond acceptors (Lipinski definition) is 2. The summed E-state index contributed by atoms with van der Waals surface area (Å²) in [5.41, 5.74) is 1.95.